The first-order chi connectivity index (χ1) is 16.6. The summed E-state index contributed by atoms with van der Waals surface area (Å²) in [5, 5.41) is 4.55. The van der Waals surface area contributed by atoms with Gasteiger partial charge in [0.2, 0.25) is 5.88 Å². The van der Waals surface area contributed by atoms with Crippen LogP contribution in [0, 0.1) is 0 Å². The highest BCUT2D eigenvalue weighted by Crippen LogP contribution is 2.23. The predicted molar refractivity (Wildman–Crippen MR) is 129 cm³/mol. The zero-order valence-electron chi connectivity index (χ0n) is 19.8. The van der Waals surface area contributed by atoms with Crippen molar-refractivity contribution in [2.75, 3.05) is 13.2 Å². The lowest BCUT2D eigenvalue weighted by Gasteiger charge is -2.13. The molecule has 0 aliphatic rings. The number of fused-ring (bicyclic) bond motifs is 1. The van der Waals surface area contributed by atoms with Crippen molar-refractivity contribution in [1.82, 2.24) is 19.7 Å². The van der Waals surface area contributed by atoms with E-state index >= 15 is 0 Å². The molecule has 0 fully saturated rings. The molecule has 34 heavy (non-hydrogen) atoms. The van der Waals surface area contributed by atoms with Crippen LogP contribution in [-0.2, 0) is 22.5 Å². The van der Waals surface area contributed by atoms with Crippen LogP contribution in [0.15, 0.2) is 54.7 Å². The number of H-pyrrole nitrogens is 1. The largest absolute Gasteiger partial charge is 0.483 e. The minimum atomic E-state index is -0.217. The first kappa shape index (κ1) is 23.4. The Balaban J connectivity index is 1.38. The number of rotatable bonds is 11. The van der Waals surface area contributed by atoms with Crippen molar-refractivity contribution in [1.29, 1.82) is 0 Å². The van der Waals surface area contributed by atoms with E-state index in [1.54, 1.807) is 6.92 Å². The van der Waals surface area contributed by atoms with Crippen molar-refractivity contribution in [3.05, 3.63) is 71.7 Å². The lowest BCUT2D eigenvalue weighted by atomic mass is 10.2. The van der Waals surface area contributed by atoms with Gasteiger partial charge in [0, 0.05) is 18.2 Å². The monoisotopic (exact) mass is 462 g/mol. The fourth-order valence-electron chi connectivity index (χ4n) is 3.71. The quantitative estimate of drug-likeness (QED) is 0.321. The lowest BCUT2D eigenvalue weighted by molar-refractivity contribution is -0.143. The van der Waals surface area contributed by atoms with E-state index in [0.29, 0.717) is 38.5 Å². The number of carbonyl (C=O) groups is 1. The van der Waals surface area contributed by atoms with Crippen molar-refractivity contribution in [2.24, 2.45) is 0 Å². The van der Waals surface area contributed by atoms with Gasteiger partial charge in [0.1, 0.15) is 11.6 Å². The van der Waals surface area contributed by atoms with Gasteiger partial charge < -0.3 is 19.2 Å². The molecule has 8 nitrogen and oxygen atoms in total. The summed E-state index contributed by atoms with van der Waals surface area (Å²) in [5.41, 5.74) is 3.90. The Labute approximate surface area is 198 Å². The van der Waals surface area contributed by atoms with Gasteiger partial charge >= 0.3 is 5.97 Å². The summed E-state index contributed by atoms with van der Waals surface area (Å²) >= 11 is 0. The summed E-state index contributed by atoms with van der Waals surface area (Å²) in [4.78, 5) is 19.6. The Hall–Kier alpha value is -3.81. The van der Waals surface area contributed by atoms with Crippen molar-refractivity contribution in [2.45, 2.75) is 46.3 Å². The summed E-state index contributed by atoms with van der Waals surface area (Å²) in [5.74, 6) is 1.90. The third-order valence-corrected chi connectivity index (χ3v) is 5.36. The summed E-state index contributed by atoms with van der Waals surface area (Å²) in [7, 11) is 0. The molecule has 0 aliphatic carbocycles. The standard InChI is InChI=1S/C26H30N4O4/c1-4-32-24(31)15-12-20-17-30(29-26(20)33-5-2)16-19-10-13-21(14-11-19)34-18(3)25-27-22-8-6-7-9-23(22)28-25/h6-11,13-14,17-18H,4-5,12,15-16H2,1-3H3,(H,27,28). The number of hydrogen-bond acceptors (Lipinski definition) is 6. The van der Waals surface area contributed by atoms with Gasteiger partial charge in [-0.3, -0.25) is 9.48 Å². The number of hydrogen-bond donors (Lipinski definition) is 1. The van der Waals surface area contributed by atoms with Crippen LogP contribution in [0.1, 0.15) is 50.2 Å². The van der Waals surface area contributed by atoms with E-state index in [-0.39, 0.29) is 12.1 Å². The Morgan fingerprint density at radius 1 is 1.09 bits per heavy atom. The van der Waals surface area contributed by atoms with E-state index in [1.807, 2.05) is 73.3 Å². The molecule has 0 radical (unpaired) electrons. The Morgan fingerprint density at radius 2 is 1.88 bits per heavy atom. The topological polar surface area (TPSA) is 91.3 Å². The summed E-state index contributed by atoms with van der Waals surface area (Å²) in [6.07, 6.45) is 2.55. The number of benzene rings is 2. The molecule has 0 aliphatic heterocycles. The highest BCUT2D eigenvalue weighted by Gasteiger charge is 2.14. The van der Waals surface area contributed by atoms with Crippen molar-refractivity contribution in [3.63, 3.8) is 0 Å². The smallest absolute Gasteiger partial charge is 0.306 e. The minimum Gasteiger partial charge on any atom is -0.483 e. The second kappa shape index (κ2) is 10.9. The van der Waals surface area contributed by atoms with Gasteiger partial charge in [-0.2, -0.15) is 0 Å². The Bertz CT molecular complexity index is 1200. The normalized spacial score (nSPS) is 12.0. The maximum absolute atomic E-state index is 11.7. The number of aromatic amines is 1. The van der Waals surface area contributed by atoms with Gasteiger partial charge in [0.15, 0.2) is 6.10 Å². The molecule has 0 amide bonds. The average molecular weight is 463 g/mol. The summed E-state index contributed by atoms with van der Waals surface area (Å²) < 4.78 is 18.6. The molecule has 2 heterocycles. The first-order valence-corrected chi connectivity index (χ1v) is 11.6. The molecule has 1 atom stereocenters. The number of para-hydroxylation sites is 2. The molecule has 2 aromatic heterocycles. The predicted octanol–water partition coefficient (Wildman–Crippen LogP) is 4.84. The fraction of sp³-hybridized carbons (Fsp3) is 0.346. The number of ether oxygens (including phenoxy) is 3. The van der Waals surface area contributed by atoms with Gasteiger partial charge in [-0.25, -0.2) is 4.98 Å². The van der Waals surface area contributed by atoms with E-state index in [1.165, 1.54) is 0 Å². The molecule has 4 rings (SSSR count). The van der Waals surface area contributed by atoms with Crippen molar-refractivity contribution >= 4 is 17.0 Å². The first-order valence-electron chi connectivity index (χ1n) is 11.6. The summed E-state index contributed by atoms with van der Waals surface area (Å²) in [6, 6.07) is 15.9. The number of esters is 1. The number of nitrogens with one attached hydrogen (secondary N) is 1. The molecule has 2 aromatic carbocycles. The highest BCUT2D eigenvalue weighted by molar-refractivity contribution is 5.74. The van der Waals surface area contributed by atoms with E-state index in [2.05, 4.69) is 15.1 Å². The summed E-state index contributed by atoms with van der Waals surface area (Å²) in [6.45, 7) is 7.17. The zero-order chi connectivity index (χ0) is 23.9. The number of aryl methyl sites for hydroxylation is 1. The lowest BCUT2D eigenvalue weighted by Crippen LogP contribution is -2.05. The van der Waals surface area contributed by atoms with E-state index in [0.717, 1.165) is 33.7 Å². The third kappa shape index (κ3) is 5.75. The maximum atomic E-state index is 11.7. The Morgan fingerprint density at radius 3 is 2.62 bits per heavy atom. The highest BCUT2D eigenvalue weighted by atomic mass is 16.5. The van der Waals surface area contributed by atoms with E-state index in [4.69, 9.17) is 14.2 Å². The second-order valence-corrected chi connectivity index (χ2v) is 7.94. The molecule has 1 unspecified atom stereocenters. The number of aromatic nitrogens is 4. The van der Waals surface area contributed by atoms with E-state index in [9.17, 15) is 4.79 Å². The van der Waals surface area contributed by atoms with Gasteiger partial charge in [0.05, 0.1) is 30.8 Å². The number of nitrogens with zero attached hydrogens (tertiary/aromatic N) is 3. The van der Waals surface area contributed by atoms with E-state index < -0.39 is 0 Å². The maximum Gasteiger partial charge on any atom is 0.306 e. The molecule has 0 bridgehead atoms. The van der Waals surface area contributed by atoms with Crippen LogP contribution in [0.25, 0.3) is 11.0 Å². The molecule has 8 heteroatoms. The van der Waals surface area contributed by atoms with Crippen LogP contribution in [0.5, 0.6) is 11.6 Å². The van der Waals surface area contributed by atoms with Crippen LogP contribution in [0.3, 0.4) is 0 Å². The van der Waals surface area contributed by atoms with Gasteiger partial charge in [-0.15, -0.1) is 5.10 Å². The molecule has 1 N–H and O–H groups in total. The minimum absolute atomic E-state index is 0.208. The molecule has 0 saturated heterocycles. The molecular weight excluding hydrogens is 432 g/mol. The van der Waals surface area contributed by atoms with Crippen LogP contribution < -0.4 is 9.47 Å². The SMILES string of the molecule is CCOC(=O)CCc1cn(Cc2ccc(OC(C)c3nc4ccccc4[nH]3)cc2)nc1OCC. The number of imidazole rings is 1. The van der Waals surface area contributed by atoms with Crippen LogP contribution in [-0.4, -0.2) is 38.9 Å². The zero-order valence-corrected chi connectivity index (χ0v) is 19.8. The fourth-order valence-corrected chi connectivity index (χ4v) is 3.71. The third-order valence-electron chi connectivity index (χ3n) is 5.36. The molecule has 4 aromatic rings. The molecule has 0 saturated carbocycles. The van der Waals surface area contributed by atoms with Crippen LogP contribution in [0.2, 0.25) is 0 Å². The van der Waals surface area contributed by atoms with Crippen molar-refractivity contribution < 1.29 is 19.0 Å². The van der Waals surface area contributed by atoms with Gasteiger partial charge in [-0.1, -0.05) is 24.3 Å². The number of carbonyl (C=O) groups excluding carboxylic acids is 1. The molecule has 0 spiro atoms. The second-order valence-electron chi connectivity index (χ2n) is 7.94. The van der Waals surface area contributed by atoms with Crippen LogP contribution in [0.4, 0.5) is 0 Å². The van der Waals surface area contributed by atoms with Gasteiger partial charge in [0.25, 0.3) is 0 Å². The Kier molecular flexibility index (Phi) is 7.47. The van der Waals surface area contributed by atoms with Crippen molar-refractivity contribution in [3.8, 4) is 11.6 Å². The van der Waals surface area contributed by atoms with Crippen LogP contribution >= 0.6 is 0 Å². The average Bonchev–Trinajstić information content (AvgIpc) is 3.43. The molecule has 178 valence electrons. The van der Waals surface area contributed by atoms with Gasteiger partial charge in [-0.05, 0) is 57.0 Å². The molecular formula is C26H30N4O4.